The summed E-state index contributed by atoms with van der Waals surface area (Å²) in [6, 6.07) is 3.55. The number of halogens is 1. The van der Waals surface area contributed by atoms with Crippen molar-refractivity contribution in [3.8, 4) is 0 Å². The minimum absolute atomic E-state index is 0.320. The average Bonchev–Trinajstić information content (AvgIpc) is 2.42. The summed E-state index contributed by atoms with van der Waals surface area (Å²) >= 11 is 3.41. The Labute approximate surface area is 128 Å². The first-order valence-electron chi connectivity index (χ1n) is 6.51. The zero-order valence-corrected chi connectivity index (χ0v) is 14.1. The van der Waals surface area contributed by atoms with Crippen molar-refractivity contribution in [3.05, 3.63) is 39.4 Å². The molecule has 1 heterocycles. The van der Waals surface area contributed by atoms with Crippen LogP contribution in [0.5, 0.6) is 0 Å². The van der Waals surface area contributed by atoms with Gasteiger partial charge >= 0.3 is 0 Å². The number of benzene rings is 1. The third-order valence-electron chi connectivity index (χ3n) is 3.61. The molecular formula is C14H19BrN2O2S. The fourth-order valence-electron chi connectivity index (χ4n) is 2.20. The Morgan fingerprint density at radius 1 is 1.35 bits per heavy atom. The highest BCUT2D eigenvalue weighted by molar-refractivity contribution is 9.10. The van der Waals surface area contributed by atoms with Gasteiger partial charge in [-0.25, -0.2) is 8.42 Å². The molecule has 4 nitrogen and oxygen atoms in total. The summed E-state index contributed by atoms with van der Waals surface area (Å²) in [6.07, 6.45) is 2.76. The molecule has 0 aliphatic carbocycles. The van der Waals surface area contributed by atoms with E-state index in [0.717, 1.165) is 22.0 Å². The second kappa shape index (κ2) is 5.97. The van der Waals surface area contributed by atoms with Gasteiger partial charge < -0.3 is 5.73 Å². The molecule has 0 amide bonds. The molecule has 2 N–H and O–H groups in total. The van der Waals surface area contributed by atoms with E-state index in [1.54, 1.807) is 6.07 Å². The third kappa shape index (κ3) is 2.98. The molecule has 1 aromatic carbocycles. The minimum atomic E-state index is -3.47. The van der Waals surface area contributed by atoms with E-state index in [4.69, 9.17) is 5.73 Å². The second-order valence-corrected chi connectivity index (χ2v) is 7.83. The standard InChI is InChI=1S/C14H19BrN2O2S/c1-10-3-5-17(6-4-10)20(18,19)14-8-12(9-16)7-13(15)11(14)2/h3,7-8H,4-6,9,16H2,1-2H3. The molecule has 1 aliphatic heterocycles. The van der Waals surface area contributed by atoms with Gasteiger partial charge in [-0.2, -0.15) is 4.31 Å². The molecule has 0 fully saturated rings. The summed E-state index contributed by atoms with van der Waals surface area (Å²) in [6.45, 7) is 5.14. The number of nitrogens with two attached hydrogens (primary N) is 1. The fourth-order valence-corrected chi connectivity index (χ4v) is 4.52. The van der Waals surface area contributed by atoms with Gasteiger partial charge in [-0.3, -0.25) is 0 Å². The molecule has 1 aromatic rings. The number of hydrogen-bond acceptors (Lipinski definition) is 3. The normalized spacial score (nSPS) is 17.1. The van der Waals surface area contributed by atoms with E-state index in [-0.39, 0.29) is 0 Å². The van der Waals surface area contributed by atoms with Crippen molar-refractivity contribution in [2.75, 3.05) is 13.1 Å². The van der Waals surface area contributed by atoms with Crippen LogP contribution >= 0.6 is 15.9 Å². The van der Waals surface area contributed by atoms with Crippen LogP contribution in [0.1, 0.15) is 24.5 Å². The van der Waals surface area contributed by atoms with Crippen LogP contribution < -0.4 is 5.73 Å². The molecule has 6 heteroatoms. The highest BCUT2D eigenvalue weighted by Gasteiger charge is 2.27. The van der Waals surface area contributed by atoms with Gasteiger partial charge in [0.1, 0.15) is 0 Å². The molecule has 2 rings (SSSR count). The molecule has 1 aliphatic rings. The van der Waals surface area contributed by atoms with Gasteiger partial charge in [-0.15, -0.1) is 0 Å². The van der Waals surface area contributed by atoms with Crippen LogP contribution in [0.15, 0.2) is 33.2 Å². The van der Waals surface area contributed by atoms with Crippen molar-refractivity contribution < 1.29 is 8.42 Å². The lowest BCUT2D eigenvalue weighted by Gasteiger charge is -2.26. The first-order chi connectivity index (χ1) is 9.36. The molecule has 0 saturated heterocycles. The predicted molar refractivity (Wildman–Crippen MR) is 83.9 cm³/mol. The first kappa shape index (κ1) is 15.7. The van der Waals surface area contributed by atoms with Crippen LogP contribution in [0.2, 0.25) is 0 Å². The maximum atomic E-state index is 12.8. The smallest absolute Gasteiger partial charge is 0.243 e. The van der Waals surface area contributed by atoms with Crippen molar-refractivity contribution in [1.29, 1.82) is 0 Å². The lowest BCUT2D eigenvalue weighted by molar-refractivity contribution is 0.431. The number of sulfonamides is 1. The molecule has 0 saturated carbocycles. The first-order valence-corrected chi connectivity index (χ1v) is 8.74. The third-order valence-corrected chi connectivity index (χ3v) is 6.42. The summed E-state index contributed by atoms with van der Waals surface area (Å²) in [5, 5.41) is 0. The van der Waals surface area contributed by atoms with Gasteiger partial charge in [-0.05, 0) is 43.5 Å². The molecule has 0 atom stereocenters. The SMILES string of the molecule is CC1=CCN(S(=O)(=O)c2cc(CN)cc(Br)c2C)CC1. The highest BCUT2D eigenvalue weighted by atomic mass is 79.9. The Kier molecular flexibility index (Phi) is 4.69. The molecule has 0 spiro atoms. The summed E-state index contributed by atoms with van der Waals surface area (Å²) in [5.41, 5.74) is 8.42. The Bertz CT molecular complexity index is 653. The van der Waals surface area contributed by atoms with Crippen molar-refractivity contribution in [2.45, 2.75) is 31.7 Å². The minimum Gasteiger partial charge on any atom is -0.326 e. The van der Waals surface area contributed by atoms with Gasteiger partial charge in [0.25, 0.3) is 0 Å². The van der Waals surface area contributed by atoms with E-state index in [1.165, 1.54) is 9.88 Å². The van der Waals surface area contributed by atoms with Crippen molar-refractivity contribution in [1.82, 2.24) is 4.31 Å². The van der Waals surface area contributed by atoms with Gasteiger partial charge in [0, 0.05) is 24.1 Å². The highest BCUT2D eigenvalue weighted by Crippen LogP contribution is 2.29. The number of nitrogens with zero attached hydrogens (tertiary/aromatic N) is 1. The Morgan fingerprint density at radius 3 is 2.60 bits per heavy atom. The van der Waals surface area contributed by atoms with E-state index in [1.807, 2.05) is 26.0 Å². The molecule has 20 heavy (non-hydrogen) atoms. The van der Waals surface area contributed by atoms with Crippen LogP contribution in [0.25, 0.3) is 0 Å². The summed E-state index contributed by atoms with van der Waals surface area (Å²) in [7, 11) is -3.47. The quantitative estimate of drug-likeness (QED) is 0.844. The summed E-state index contributed by atoms with van der Waals surface area (Å²) in [5.74, 6) is 0. The molecular weight excluding hydrogens is 340 g/mol. The fraction of sp³-hybridized carbons (Fsp3) is 0.429. The topological polar surface area (TPSA) is 63.4 Å². The Balaban J connectivity index is 2.47. The van der Waals surface area contributed by atoms with Crippen LogP contribution in [-0.2, 0) is 16.6 Å². The van der Waals surface area contributed by atoms with E-state index in [2.05, 4.69) is 15.9 Å². The van der Waals surface area contributed by atoms with Crippen molar-refractivity contribution >= 4 is 26.0 Å². The summed E-state index contributed by atoms with van der Waals surface area (Å²) in [4.78, 5) is 0.347. The van der Waals surface area contributed by atoms with E-state index in [9.17, 15) is 8.42 Å². The molecule has 0 radical (unpaired) electrons. The maximum absolute atomic E-state index is 12.8. The van der Waals surface area contributed by atoms with E-state index >= 15 is 0 Å². The van der Waals surface area contributed by atoms with Crippen LogP contribution in [0, 0.1) is 6.92 Å². The van der Waals surface area contributed by atoms with Crippen LogP contribution in [0.3, 0.4) is 0 Å². The molecule has 0 aromatic heterocycles. The van der Waals surface area contributed by atoms with Crippen LogP contribution in [-0.4, -0.2) is 25.8 Å². The Morgan fingerprint density at radius 2 is 2.05 bits per heavy atom. The zero-order chi connectivity index (χ0) is 14.9. The van der Waals surface area contributed by atoms with E-state index in [0.29, 0.717) is 24.5 Å². The number of rotatable bonds is 3. The van der Waals surface area contributed by atoms with Gasteiger partial charge in [0.15, 0.2) is 0 Å². The predicted octanol–water partition coefficient (Wildman–Crippen LogP) is 2.56. The largest absolute Gasteiger partial charge is 0.326 e. The molecule has 110 valence electrons. The van der Waals surface area contributed by atoms with Crippen LogP contribution in [0.4, 0.5) is 0 Å². The lowest BCUT2D eigenvalue weighted by atomic mass is 10.1. The van der Waals surface area contributed by atoms with E-state index < -0.39 is 10.0 Å². The van der Waals surface area contributed by atoms with Crippen molar-refractivity contribution in [2.24, 2.45) is 5.73 Å². The van der Waals surface area contributed by atoms with Gasteiger partial charge in [-0.1, -0.05) is 27.6 Å². The maximum Gasteiger partial charge on any atom is 0.243 e. The summed E-state index contributed by atoms with van der Waals surface area (Å²) < 4.78 is 27.8. The van der Waals surface area contributed by atoms with Gasteiger partial charge in [0.2, 0.25) is 10.0 Å². The Hall–Kier alpha value is -0.690. The monoisotopic (exact) mass is 358 g/mol. The second-order valence-electron chi connectivity index (χ2n) is 5.07. The van der Waals surface area contributed by atoms with Gasteiger partial charge in [0.05, 0.1) is 4.90 Å². The van der Waals surface area contributed by atoms with Crippen molar-refractivity contribution in [3.63, 3.8) is 0 Å². The average molecular weight is 359 g/mol. The molecule has 0 bridgehead atoms. The number of hydrogen-bond donors (Lipinski definition) is 1. The zero-order valence-electron chi connectivity index (χ0n) is 11.7. The lowest BCUT2D eigenvalue weighted by Crippen LogP contribution is -2.35. The molecule has 0 unspecified atom stereocenters.